The molecule has 0 bridgehead atoms. The second-order valence-corrected chi connectivity index (χ2v) is 12.4. The fourth-order valence-corrected chi connectivity index (χ4v) is 9.08. The zero-order chi connectivity index (χ0) is 23.4. The van der Waals surface area contributed by atoms with Gasteiger partial charge < -0.3 is 30.6 Å². The molecule has 0 spiro atoms. The first kappa shape index (κ1) is 24.9. The molecule has 186 valence electrons. The van der Waals surface area contributed by atoms with E-state index < -0.39 is 24.9 Å². The molecule has 0 amide bonds. The maximum Gasteiger partial charge on any atom is 0.103 e. The Labute approximate surface area is 193 Å². The van der Waals surface area contributed by atoms with Crippen molar-refractivity contribution in [3.8, 4) is 0 Å². The van der Waals surface area contributed by atoms with E-state index in [4.69, 9.17) is 5.11 Å². The Morgan fingerprint density at radius 2 is 1.59 bits per heavy atom. The van der Waals surface area contributed by atoms with Crippen molar-refractivity contribution in [3.05, 3.63) is 0 Å². The molecule has 6 heteroatoms. The first-order valence-electron chi connectivity index (χ1n) is 13.0. The van der Waals surface area contributed by atoms with Crippen LogP contribution in [-0.4, -0.2) is 67.8 Å². The quantitative estimate of drug-likeness (QED) is 0.365. The van der Waals surface area contributed by atoms with E-state index >= 15 is 0 Å². The minimum atomic E-state index is -1.10. The average Bonchev–Trinajstić information content (AvgIpc) is 3.11. The van der Waals surface area contributed by atoms with Gasteiger partial charge in [0, 0.05) is 0 Å². The number of hydrogen-bond donors (Lipinski definition) is 6. The highest BCUT2D eigenvalue weighted by molar-refractivity contribution is 5.14. The Hall–Kier alpha value is -0.240. The molecular weight excluding hydrogens is 408 g/mol. The summed E-state index contributed by atoms with van der Waals surface area (Å²) in [5.41, 5.74) is -0.167. The summed E-state index contributed by atoms with van der Waals surface area (Å²) in [5.74, 6) is 1.72. The molecule has 6 N–H and O–H groups in total. The third-order valence-corrected chi connectivity index (χ3v) is 11.1. The topological polar surface area (TPSA) is 121 Å². The minimum absolute atomic E-state index is 0.0830. The molecule has 4 fully saturated rings. The molecular formula is C26H46O6. The molecule has 0 aromatic heterocycles. The van der Waals surface area contributed by atoms with Gasteiger partial charge in [0.1, 0.15) is 6.10 Å². The van der Waals surface area contributed by atoms with Crippen LogP contribution >= 0.6 is 0 Å². The summed E-state index contributed by atoms with van der Waals surface area (Å²) in [6, 6.07) is 0. The number of aliphatic hydroxyl groups is 6. The summed E-state index contributed by atoms with van der Waals surface area (Å²) < 4.78 is 0. The fourth-order valence-electron chi connectivity index (χ4n) is 9.08. The predicted molar refractivity (Wildman–Crippen MR) is 122 cm³/mol. The Kier molecular flexibility index (Phi) is 7.06. The van der Waals surface area contributed by atoms with Crippen molar-refractivity contribution in [2.45, 2.75) is 109 Å². The van der Waals surface area contributed by atoms with Crippen LogP contribution in [0.1, 0.15) is 78.6 Å². The molecule has 6 nitrogen and oxygen atoms in total. The van der Waals surface area contributed by atoms with E-state index in [2.05, 4.69) is 20.8 Å². The number of hydrogen-bond acceptors (Lipinski definition) is 6. The van der Waals surface area contributed by atoms with Crippen LogP contribution in [0.15, 0.2) is 0 Å². The summed E-state index contributed by atoms with van der Waals surface area (Å²) in [6.07, 6.45) is 4.24. The lowest BCUT2D eigenvalue weighted by Gasteiger charge is -2.63. The minimum Gasteiger partial charge on any atom is -0.394 e. The van der Waals surface area contributed by atoms with Gasteiger partial charge in [-0.2, -0.15) is 0 Å². The molecule has 0 radical (unpaired) electrons. The zero-order valence-electron chi connectivity index (χ0n) is 20.1. The Balaban J connectivity index is 1.53. The van der Waals surface area contributed by atoms with Crippen LogP contribution in [0.2, 0.25) is 0 Å². The van der Waals surface area contributed by atoms with Gasteiger partial charge >= 0.3 is 0 Å². The molecule has 0 heterocycles. The molecule has 0 aliphatic heterocycles. The maximum atomic E-state index is 11.6. The van der Waals surface area contributed by atoms with Gasteiger partial charge in [0.25, 0.3) is 0 Å². The molecule has 4 rings (SSSR count). The van der Waals surface area contributed by atoms with Gasteiger partial charge in [-0.3, -0.25) is 0 Å². The van der Waals surface area contributed by atoms with Gasteiger partial charge in [-0.1, -0.05) is 20.8 Å². The van der Waals surface area contributed by atoms with Crippen molar-refractivity contribution in [2.75, 3.05) is 6.61 Å². The number of aliphatic hydroxyl groups excluding tert-OH is 6. The second kappa shape index (κ2) is 9.09. The van der Waals surface area contributed by atoms with Crippen LogP contribution in [0, 0.1) is 46.3 Å². The van der Waals surface area contributed by atoms with Gasteiger partial charge in [0.2, 0.25) is 0 Å². The highest BCUT2D eigenvalue weighted by Gasteiger charge is 2.65. The van der Waals surface area contributed by atoms with Crippen LogP contribution in [0.3, 0.4) is 0 Å². The molecule has 4 aliphatic rings. The second-order valence-electron chi connectivity index (χ2n) is 12.4. The van der Waals surface area contributed by atoms with Crippen molar-refractivity contribution < 1.29 is 30.6 Å². The number of fused-ring (bicyclic) bond motifs is 5. The van der Waals surface area contributed by atoms with Crippen molar-refractivity contribution in [1.29, 1.82) is 0 Å². The summed E-state index contributed by atoms with van der Waals surface area (Å²) in [7, 11) is 0. The standard InChI is InChI=1S/C26H46O6/c1-14(4-7-20(29)22(31)13-27)17-5-6-18-24-19(12-23(32)26(17,18)3)25(2)9-8-16(28)10-15(25)11-21(24)30/h14-24,27-32H,4-13H2,1-3H3/t14-,15+,16-,17?,18?,19+,20?,21-,22?,23+,24+,25+,26-/m1/s1. The van der Waals surface area contributed by atoms with E-state index in [1.54, 1.807) is 0 Å². The summed E-state index contributed by atoms with van der Waals surface area (Å²) in [6.45, 7) is 6.34. The van der Waals surface area contributed by atoms with Gasteiger partial charge in [-0.15, -0.1) is 0 Å². The maximum absolute atomic E-state index is 11.6. The van der Waals surface area contributed by atoms with E-state index in [1.807, 2.05) is 0 Å². The van der Waals surface area contributed by atoms with Crippen LogP contribution in [0.4, 0.5) is 0 Å². The largest absolute Gasteiger partial charge is 0.394 e. The lowest BCUT2D eigenvalue weighted by Crippen LogP contribution is -2.62. The van der Waals surface area contributed by atoms with Crippen molar-refractivity contribution >= 4 is 0 Å². The normalized spacial score (nSPS) is 51.3. The SMILES string of the molecule is C[C@H](CCC(O)C(O)CO)C1CCC2[C@@H]3[C@H](O)C[C@@H]4C[C@H](O)CC[C@]4(C)[C@H]3C[C@H](O)[C@@]21C. The molecule has 0 aromatic carbocycles. The lowest BCUT2D eigenvalue weighted by atomic mass is 9.43. The van der Waals surface area contributed by atoms with E-state index in [1.165, 1.54) is 0 Å². The van der Waals surface area contributed by atoms with Gasteiger partial charge in [0.15, 0.2) is 0 Å². The first-order valence-corrected chi connectivity index (χ1v) is 13.0. The monoisotopic (exact) mass is 454 g/mol. The van der Waals surface area contributed by atoms with E-state index in [0.717, 1.165) is 51.4 Å². The molecule has 0 aromatic rings. The number of rotatable bonds is 6. The van der Waals surface area contributed by atoms with Gasteiger partial charge in [-0.25, -0.2) is 0 Å². The van der Waals surface area contributed by atoms with Gasteiger partial charge in [-0.05, 0) is 104 Å². The average molecular weight is 455 g/mol. The third-order valence-electron chi connectivity index (χ3n) is 11.1. The molecule has 0 saturated heterocycles. The molecule has 32 heavy (non-hydrogen) atoms. The van der Waals surface area contributed by atoms with Gasteiger partial charge in [0.05, 0.1) is 31.0 Å². The van der Waals surface area contributed by atoms with Crippen LogP contribution < -0.4 is 0 Å². The van der Waals surface area contributed by atoms with Crippen molar-refractivity contribution in [3.63, 3.8) is 0 Å². The summed E-state index contributed by atoms with van der Waals surface area (Å²) in [5, 5.41) is 62.0. The Morgan fingerprint density at radius 1 is 0.875 bits per heavy atom. The van der Waals surface area contributed by atoms with Crippen LogP contribution in [0.25, 0.3) is 0 Å². The summed E-state index contributed by atoms with van der Waals surface area (Å²) >= 11 is 0. The van der Waals surface area contributed by atoms with Crippen molar-refractivity contribution in [1.82, 2.24) is 0 Å². The first-order chi connectivity index (χ1) is 15.0. The summed E-state index contributed by atoms with van der Waals surface area (Å²) in [4.78, 5) is 0. The highest BCUT2D eigenvalue weighted by atomic mass is 16.4. The lowest BCUT2D eigenvalue weighted by molar-refractivity contribution is -0.207. The van der Waals surface area contributed by atoms with Crippen LogP contribution in [0.5, 0.6) is 0 Å². The zero-order valence-corrected chi connectivity index (χ0v) is 20.1. The van der Waals surface area contributed by atoms with Crippen molar-refractivity contribution in [2.24, 2.45) is 46.3 Å². The predicted octanol–water partition coefficient (Wildman–Crippen LogP) is 2.08. The van der Waals surface area contributed by atoms with E-state index in [0.29, 0.717) is 24.2 Å². The Morgan fingerprint density at radius 3 is 2.28 bits per heavy atom. The molecule has 4 aliphatic carbocycles. The van der Waals surface area contributed by atoms with E-state index in [9.17, 15) is 25.5 Å². The van der Waals surface area contributed by atoms with E-state index in [-0.39, 0.29) is 40.8 Å². The fraction of sp³-hybridized carbons (Fsp3) is 1.00. The molecule has 13 atom stereocenters. The Bertz CT molecular complexity index is 658. The molecule has 4 unspecified atom stereocenters. The smallest absolute Gasteiger partial charge is 0.103 e. The van der Waals surface area contributed by atoms with Crippen LogP contribution in [-0.2, 0) is 0 Å². The molecule has 4 saturated carbocycles. The third kappa shape index (κ3) is 3.87. The highest BCUT2D eigenvalue weighted by Crippen LogP contribution is 2.68.